The lowest BCUT2D eigenvalue weighted by Gasteiger charge is -2.24. The smallest absolute Gasteiger partial charge is 0.331 e. The molecule has 0 bridgehead atoms. The highest BCUT2D eigenvalue weighted by Gasteiger charge is 2.31. The van der Waals surface area contributed by atoms with Crippen molar-refractivity contribution in [2.75, 3.05) is 0 Å². The van der Waals surface area contributed by atoms with Crippen molar-refractivity contribution < 1.29 is 19.1 Å². The molecule has 0 saturated carbocycles. The van der Waals surface area contributed by atoms with Gasteiger partial charge in [-0.05, 0) is 12.8 Å². The third kappa shape index (κ3) is 17.2. The first-order chi connectivity index (χ1) is 14.8. The standard InChI is InChI=1S/C26H50O4Si/c1-4-5-6-7-8-9-10-11-12-13-14-15-16-17-18-19-20-21-23(25(28)29)26(2,3)22-24(27)30-31/h21H,4-20,22H2,1-3,31H3,(H,28,29). The Morgan fingerprint density at radius 2 is 1.16 bits per heavy atom. The SMILES string of the molecule is CCCCCCCCCCCCCCCCCCC=C(C(=O)O)C(C)(C)CC(=O)O[SiH3]. The number of hydrogen-bond donors (Lipinski definition) is 1. The highest BCUT2D eigenvalue weighted by molar-refractivity contribution is 6.05. The molecular weight excluding hydrogens is 404 g/mol. The van der Waals surface area contributed by atoms with Gasteiger partial charge >= 0.3 is 5.97 Å². The first kappa shape index (κ1) is 29.9. The van der Waals surface area contributed by atoms with Gasteiger partial charge in [0, 0.05) is 11.0 Å². The van der Waals surface area contributed by atoms with E-state index in [-0.39, 0.29) is 12.4 Å². The Morgan fingerprint density at radius 3 is 1.52 bits per heavy atom. The summed E-state index contributed by atoms with van der Waals surface area (Å²) in [5.41, 5.74) is -0.358. The van der Waals surface area contributed by atoms with Crippen molar-refractivity contribution in [2.45, 2.75) is 136 Å². The molecule has 5 heteroatoms. The van der Waals surface area contributed by atoms with Crippen LogP contribution in [0, 0.1) is 5.41 Å². The largest absolute Gasteiger partial charge is 0.529 e. The van der Waals surface area contributed by atoms with Crippen molar-refractivity contribution in [3.05, 3.63) is 11.6 Å². The normalized spacial score (nSPS) is 12.3. The second-order valence-corrected chi connectivity index (χ2v) is 10.1. The second-order valence-electron chi connectivity index (χ2n) is 9.65. The predicted octanol–water partition coefficient (Wildman–Crippen LogP) is 6.89. The Labute approximate surface area is 195 Å². The number of allylic oxidation sites excluding steroid dienone is 1. The van der Waals surface area contributed by atoms with Crippen LogP contribution in [0.25, 0.3) is 0 Å². The number of carbonyl (C=O) groups is 2. The lowest BCUT2D eigenvalue weighted by Crippen LogP contribution is -2.25. The summed E-state index contributed by atoms with van der Waals surface area (Å²) in [4.78, 5) is 23.2. The fourth-order valence-corrected chi connectivity index (χ4v) is 4.26. The molecule has 0 heterocycles. The van der Waals surface area contributed by atoms with Gasteiger partial charge in [-0.1, -0.05) is 123 Å². The van der Waals surface area contributed by atoms with Gasteiger partial charge < -0.3 is 9.53 Å². The molecule has 182 valence electrons. The number of carboxylic acids is 1. The molecule has 1 N–H and O–H groups in total. The van der Waals surface area contributed by atoms with Crippen molar-refractivity contribution in [2.24, 2.45) is 5.41 Å². The third-order valence-electron chi connectivity index (χ3n) is 6.18. The topological polar surface area (TPSA) is 63.6 Å². The average Bonchev–Trinajstić information content (AvgIpc) is 2.72. The Kier molecular flexibility index (Phi) is 18.9. The summed E-state index contributed by atoms with van der Waals surface area (Å²) in [6.07, 6.45) is 24.0. The minimum atomic E-state index is -0.928. The van der Waals surface area contributed by atoms with Crippen molar-refractivity contribution in [1.82, 2.24) is 0 Å². The van der Waals surface area contributed by atoms with E-state index in [0.29, 0.717) is 16.1 Å². The molecule has 0 aromatic carbocycles. The van der Waals surface area contributed by atoms with E-state index in [1.807, 2.05) is 6.08 Å². The van der Waals surface area contributed by atoms with Crippen molar-refractivity contribution >= 4 is 22.4 Å². The maximum atomic E-state index is 11.6. The Hall–Kier alpha value is -1.10. The number of aliphatic carboxylic acids is 1. The molecule has 4 nitrogen and oxygen atoms in total. The van der Waals surface area contributed by atoms with E-state index in [9.17, 15) is 14.7 Å². The Morgan fingerprint density at radius 1 is 0.774 bits per heavy atom. The summed E-state index contributed by atoms with van der Waals surface area (Å²) in [5.74, 6) is -1.24. The molecule has 0 atom stereocenters. The summed E-state index contributed by atoms with van der Waals surface area (Å²) in [5, 5.41) is 9.52. The van der Waals surface area contributed by atoms with E-state index in [1.165, 1.54) is 89.9 Å². The van der Waals surface area contributed by atoms with Gasteiger partial charge in [0.1, 0.15) is 0 Å². The minimum Gasteiger partial charge on any atom is -0.529 e. The van der Waals surface area contributed by atoms with Gasteiger partial charge in [-0.3, -0.25) is 4.79 Å². The lowest BCUT2D eigenvalue weighted by molar-refractivity contribution is -0.137. The zero-order valence-electron chi connectivity index (χ0n) is 21.0. The quantitative estimate of drug-likeness (QED) is 0.116. The van der Waals surface area contributed by atoms with Crippen LogP contribution in [0.15, 0.2) is 11.6 Å². The van der Waals surface area contributed by atoms with E-state index in [1.54, 1.807) is 13.8 Å². The molecule has 0 amide bonds. The second kappa shape index (κ2) is 19.6. The summed E-state index contributed by atoms with van der Waals surface area (Å²) in [6.45, 7) is 5.88. The zero-order chi connectivity index (χ0) is 23.4. The number of hydrogen-bond acceptors (Lipinski definition) is 3. The van der Waals surface area contributed by atoms with Gasteiger partial charge in [0.05, 0.1) is 6.42 Å². The van der Waals surface area contributed by atoms with Crippen LogP contribution in [0.1, 0.15) is 136 Å². The molecule has 0 spiro atoms. The first-order valence-corrected chi connectivity index (χ1v) is 13.7. The molecule has 0 rings (SSSR count). The number of carboxylic acid groups (broad SMARTS) is 1. The first-order valence-electron chi connectivity index (χ1n) is 12.9. The van der Waals surface area contributed by atoms with Crippen molar-refractivity contribution in [3.63, 3.8) is 0 Å². The zero-order valence-corrected chi connectivity index (χ0v) is 23.0. The van der Waals surface area contributed by atoms with Crippen LogP contribution in [0.2, 0.25) is 0 Å². The van der Waals surface area contributed by atoms with E-state index in [0.717, 1.165) is 19.3 Å². The highest BCUT2D eigenvalue weighted by Crippen LogP contribution is 2.31. The van der Waals surface area contributed by atoms with E-state index >= 15 is 0 Å². The summed E-state index contributed by atoms with van der Waals surface area (Å²) >= 11 is 0. The maximum Gasteiger partial charge on any atom is 0.331 e. The number of carbonyl (C=O) groups excluding carboxylic acids is 1. The van der Waals surface area contributed by atoms with Gasteiger partial charge in [-0.25, -0.2) is 4.79 Å². The van der Waals surface area contributed by atoms with Crippen LogP contribution >= 0.6 is 0 Å². The van der Waals surface area contributed by atoms with Crippen LogP contribution in [0.5, 0.6) is 0 Å². The molecule has 0 fully saturated rings. The molecular formula is C26H50O4Si. The van der Waals surface area contributed by atoms with Gasteiger partial charge in [0.2, 0.25) is 10.5 Å². The molecule has 0 saturated heterocycles. The molecule has 0 unspecified atom stereocenters. The van der Waals surface area contributed by atoms with Crippen molar-refractivity contribution in [3.8, 4) is 0 Å². The maximum absolute atomic E-state index is 11.6. The molecule has 0 aromatic rings. The van der Waals surface area contributed by atoms with Crippen LogP contribution in [-0.2, 0) is 14.0 Å². The number of unbranched alkanes of at least 4 members (excludes halogenated alkanes) is 16. The van der Waals surface area contributed by atoms with Gasteiger partial charge in [-0.2, -0.15) is 0 Å². The van der Waals surface area contributed by atoms with Crippen LogP contribution < -0.4 is 0 Å². The Balaban J connectivity index is 3.70. The molecule has 0 aliphatic heterocycles. The highest BCUT2D eigenvalue weighted by atomic mass is 28.2. The predicted molar refractivity (Wildman–Crippen MR) is 134 cm³/mol. The monoisotopic (exact) mass is 454 g/mol. The van der Waals surface area contributed by atoms with Gasteiger partial charge in [-0.15, -0.1) is 0 Å². The van der Waals surface area contributed by atoms with E-state index < -0.39 is 11.4 Å². The third-order valence-corrected chi connectivity index (χ3v) is 6.63. The lowest BCUT2D eigenvalue weighted by atomic mass is 9.80. The molecule has 0 aromatic heterocycles. The van der Waals surface area contributed by atoms with Gasteiger partial charge in [0.25, 0.3) is 5.97 Å². The van der Waals surface area contributed by atoms with Gasteiger partial charge in [0.15, 0.2) is 0 Å². The molecule has 0 radical (unpaired) electrons. The molecule has 0 aliphatic carbocycles. The fraction of sp³-hybridized carbons (Fsp3) is 0.846. The summed E-state index contributed by atoms with van der Waals surface area (Å²) in [7, 11) is 0.346. The molecule has 0 aliphatic rings. The van der Waals surface area contributed by atoms with Crippen molar-refractivity contribution in [1.29, 1.82) is 0 Å². The Bertz CT molecular complexity index is 500. The van der Waals surface area contributed by atoms with Crippen LogP contribution in [0.4, 0.5) is 0 Å². The fourth-order valence-electron chi connectivity index (χ4n) is 4.12. The minimum absolute atomic E-state index is 0.119. The van der Waals surface area contributed by atoms with Crippen LogP contribution in [0.3, 0.4) is 0 Å². The molecule has 31 heavy (non-hydrogen) atoms. The van der Waals surface area contributed by atoms with E-state index in [4.69, 9.17) is 4.43 Å². The van der Waals surface area contributed by atoms with Crippen LogP contribution in [-0.4, -0.2) is 27.5 Å². The average molecular weight is 455 g/mol. The number of rotatable bonds is 21. The van der Waals surface area contributed by atoms with E-state index in [2.05, 4.69) is 6.92 Å². The summed E-state index contributed by atoms with van der Waals surface area (Å²) in [6, 6.07) is 0. The summed E-state index contributed by atoms with van der Waals surface area (Å²) < 4.78 is 4.83.